The minimum Gasteiger partial charge on any atom is -0.504 e. The average molecular weight is 428 g/mol. The molecule has 0 spiro atoms. The Morgan fingerprint density at radius 2 is 2.08 bits per heavy atom. The molecule has 0 atom stereocenters. The van der Waals surface area contributed by atoms with Gasteiger partial charge in [-0.15, -0.1) is 0 Å². The van der Waals surface area contributed by atoms with Gasteiger partial charge >= 0.3 is 0 Å². The van der Waals surface area contributed by atoms with Gasteiger partial charge in [0.05, 0.1) is 17.8 Å². The molecule has 8 heteroatoms. The molecule has 0 aromatic heterocycles. The molecule has 0 heterocycles. The molecule has 25 heavy (non-hydrogen) atoms. The lowest BCUT2D eigenvalue weighted by Crippen LogP contribution is -2.24. The fourth-order valence-corrected chi connectivity index (χ4v) is 2.56. The van der Waals surface area contributed by atoms with Crippen molar-refractivity contribution >= 4 is 39.7 Å². The minimum absolute atomic E-state index is 0.0443. The van der Waals surface area contributed by atoms with Crippen molar-refractivity contribution in [3.05, 3.63) is 51.5 Å². The number of phenols is 1. The predicted octanol–water partition coefficient (Wildman–Crippen LogP) is 3.74. The highest BCUT2D eigenvalue weighted by molar-refractivity contribution is 9.10. The highest BCUT2D eigenvalue weighted by Gasteiger charge is 2.06. The highest BCUT2D eigenvalue weighted by Crippen LogP contribution is 2.27. The molecule has 2 aromatic rings. The Balaban J connectivity index is 1.87. The van der Waals surface area contributed by atoms with Crippen molar-refractivity contribution in [1.29, 1.82) is 0 Å². The third kappa shape index (κ3) is 5.95. The summed E-state index contributed by atoms with van der Waals surface area (Å²) in [6.45, 7) is 2.03. The van der Waals surface area contributed by atoms with Crippen LogP contribution < -0.4 is 14.9 Å². The van der Waals surface area contributed by atoms with Gasteiger partial charge in [0.25, 0.3) is 5.91 Å². The Hall–Kier alpha value is -2.25. The zero-order valence-electron chi connectivity index (χ0n) is 13.3. The maximum absolute atomic E-state index is 11.7. The normalized spacial score (nSPS) is 10.7. The number of benzene rings is 2. The van der Waals surface area contributed by atoms with Gasteiger partial charge < -0.3 is 14.6 Å². The Morgan fingerprint density at radius 3 is 2.80 bits per heavy atom. The van der Waals surface area contributed by atoms with Gasteiger partial charge in [0, 0.05) is 4.47 Å². The zero-order valence-corrected chi connectivity index (χ0v) is 15.7. The molecular weight excluding hydrogens is 412 g/mol. The van der Waals surface area contributed by atoms with Crippen LogP contribution in [0.1, 0.15) is 12.5 Å². The lowest BCUT2D eigenvalue weighted by molar-refractivity contribution is -0.123. The van der Waals surface area contributed by atoms with E-state index < -0.39 is 5.91 Å². The number of carbonyl (C=O) groups is 1. The number of phenolic OH excluding ortho intramolecular Hbond substituents is 1. The molecular formula is C17H16BrClN2O4. The van der Waals surface area contributed by atoms with E-state index >= 15 is 0 Å². The SMILES string of the molecule is CCOc1cc(C=NNC(=O)COc2ccc(Br)cc2Cl)ccc1O. The highest BCUT2D eigenvalue weighted by atomic mass is 79.9. The molecule has 0 saturated heterocycles. The molecule has 1 amide bonds. The molecule has 0 bridgehead atoms. The van der Waals surface area contributed by atoms with E-state index in [0.717, 1.165) is 4.47 Å². The quantitative estimate of drug-likeness (QED) is 0.521. The van der Waals surface area contributed by atoms with Crippen molar-refractivity contribution in [2.24, 2.45) is 5.10 Å². The van der Waals surface area contributed by atoms with Crippen LogP contribution in [0.4, 0.5) is 0 Å². The maximum atomic E-state index is 11.7. The van der Waals surface area contributed by atoms with Crippen molar-refractivity contribution in [2.45, 2.75) is 6.92 Å². The second-order valence-corrected chi connectivity index (χ2v) is 6.14. The Kier molecular flexibility index (Phi) is 7.09. The molecule has 0 aliphatic rings. The van der Waals surface area contributed by atoms with E-state index in [-0.39, 0.29) is 12.4 Å². The van der Waals surface area contributed by atoms with Crippen molar-refractivity contribution in [1.82, 2.24) is 5.43 Å². The Bertz CT molecular complexity index is 783. The number of nitrogens with one attached hydrogen (secondary N) is 1. The minimum atomic E-state index is -0.431. The summed E-state index contributed by atoms with van der Waals surface area (Å²) >= 11 is 9.29. The topological polar surface area (TPSA) is 80.2 Å². The van der Waals surface area contributed by atoms with Gasteiger partial charge in [0.15, 0.2) is 18.1 Å². The van der Waals surface area contributed by atoms with Crippen LogP contribution >= 0.6 is 27.5 Å². The van der Waals surface area contributed by atoms with Crippen LogP contribution in [0.25, 0.3) is 0 Å². The molecule has 0 aliphatic heterocycles. The summed E-state index contributed by atoms with van der Waals surface area (Å²) in [7, 11) is 0. The largest absolute Gasteiger partial charge is 0.504 e. The second-order valence-electron chi connectivity index (χ2n) is 4.82. The van der Waals surface area contributed by atoms with Crippen LogP contribution in [-0.4, -0.2) is 30.4 Å². The molecule has 6 nitrogen and oxygen atoms in total. The zero-order chi connectivity index (χ0) is 18.2. The van der Waals surface area contributed by atoms with E-state index in [1.807, 2.05) is 6.92 Å². The Morgan fingerprint density at radius 1 is 1.28 bits per heavy atom. The van der Waals surface area contributed by atoms with Gasteiger partial charge in [-0.05, 0) is 48.9 Å². The summed E-state index contributed by atoms with van der Waals surface area (Å²) in [6.07, 6.45) is 1.44. The van der Waals surface area contributed by atoms with Crippen LogP contribution in [0.2, 0.25) is 5.02 Å². The van der Waals surface area contributed by atoms with Gasteiger partial charge in [-0.1, -0.05) is 27.5 Å². The first-order valence-corrected chi connectivity index (χ1v) is 8.52. The lowest BCUT2D eigenvalue weighted by Gasteiger charge is -2.07. The number of hydrazone groups is 1. The monoisotopic (exact) mass is 426 g/mol. The standard InChI is InChI=1S/C17H16BrClN2O4/c1-2-24-16-7-11(3-5-14(16)22)9-20-21-17(23)10-25-15-6-4-12(18)8-13(15)19/h3-9,22H,2,10H2,1H3,(H,21,23). The van der Waals surface area contributed by atoms with Crippen LogP contribution in [-0.2, 0) is 4.79 Å². The number of nitrogens with zero attached hydrogens (tertiary/aromatic N) is 1. The number of carbonyl (C=O) groups excluding carboxylic acids is 1. The smallest absolute Gasteiger partial charge is 0.277 e. The van der Waals surface area contributed by atoms with Gasteiger partial charge in [-0.3, -0.25) is 4.79 Å². The second kappa shape index (κ2) is 9.29. The predicted molar refractivity (Wildman–Crippen MR) is 99.7 cm³/mol. The molecule has 2 rings (SSSR count). The molecule has 0 fully saturated rings. The summed E-state index contributed by atoms with van der Waals surface area (Å²) in [5.41, 5.74) is 3.01. The van der Waals surface area contributed by atoms with Crippen LogP contribution in [0.15, 0.2) is 46.0 Å². The molecule has 132 valence electrons. The average Bonchev–Trinajstić information content (AvgIpc) is 2.57. The molecule has 0 unspecified atom stereocenters. The van der Waals surface area contributed by atoms with Crippen LogP contribution in [0.3, 0.4) is 0 Å². The lowest BCUT2D eigenvalue weighted by atomic mass is 10.2. The summed E-state index contributed by atoms with van der Waals surface area (Å²) in [6, 6.07) is 9.85. The van der Waals surface area contributed by atoms with E-state index in [4.69, 9.17) is 21.1 Å². The van der Waals surface area contributed by atoms with Gasteiger partial charge in [-0.25, -0.2) is 5.43 Å². The summed E-state index contributed by atoms with van der Waals surface area (Å²) < 4.78 is 11.4. The number of aromatic hydroxyl groups is 1. The first kappa shape index (κ1) is 19.1. The van der Waals surface area contributed by atoms with E-state index in [2.05, 4.69) is 26.5 Å². The van der Waals surface area contributed by atoms with Crippen LogP contribution in [0, 0.1) is 0 Å². The first-order chi connectivity index (χ1) is 12.0. The third-order valence-electron chi connectivity index (χ3n) is 2.94. The number of hydrogen-bond donors (Lipinski definition) is 2. The van der Waals surface area contributed by atoms with Crippen LogP contribution in [0.5, 0.6) is 17.2 Å². The number of amides is 1. The van der Waals surface area contributed by atoms with Gasteiger partial charge in [-0.2, -0.15) is 5.10 Å². The Labute approximate surface area is 158 Å². The fraction of sp³-hybridized carbons (Fsp3) is 0.176. The molecule has 0 aliphatic carbocycles. The van der Waals surface area contributed by atoms with Crippen molar-refractivity contribution < 1.29 is 19.4 Å². The number of rotatable bonds is 7. The summed E-state index contributed by atoms with van der Waals surface area (Å²) in [4.78, 5) is 11.7. The third-order valence-corrected chi connectivity index (χ3v) is 3.73. The van der Waals surface area contributed by atoms with Gasteiger partial charge in [0.1, 0.15) is 5.75 Å². The molecule has 0 radical (unpaired) electrons. The van der Waals surface area contributed by atoms with E-state index in [0.29, 0.717) is 28.7 Å². The summed E-state index contributed by atoms with van der Waals surface area (Å²) in [5, 5.41) is 13.9. The maximum Gasteiger partial charge on any atom is 0.277 e. The molecule has 2 N–H and O–H groups in total. The van der Waals surface area contributed by atoms with Crippen molar-refractivity contribution in [2.75, 3.05) is 13.2 Å². The number of ether oxygens (including phenoxy) is 2. The van der Waals surface area contributed by atoms with Crippen molar-refractivity contribution in [3.8, 4) is 17.2 Å². The van der Waals surface area contributed by atoms with E-state index in [9.17, 15) is 9.90 Å². The van der Waals surface area contributed by atoms with E-state index in [1.165, 1.54) is 12.3 Å². The number of hydrogen-bond acceptors (Lipinski definition) is 5. The van der Waals surface area contributed by atoms with Crippen molar-refractivity contribution in [3.63, 3.8) is 0 Å². The summed E-state index contributed by atoms with van der Waals surface area (Å²) in [5.74, 6) is 0.372. The molecule has 2 aromatic carbocycles. The van der Waals surface area contributed by atoms with Gasteiger partial charge in [0.2, 0.25) is 0 Å². The first-order valence-electron chi connectivity index (χ1n) is 7.35. The number of halogens is 2. The van der Waals surface area contributed by atoms with E-state index in [1.54, 1.807) is 30.3 Å². The fourth-order valence-electron chi connectivity index (χ4n) is 1.83. The molecule has 0 saturated carbocycles.